The Morgan fingerprint density at radius 3 is 2.88 bits per heavy atom. The van der Waals surface area contributed by atoms with Crippen LogP contribution in [-0.2, 0) is 11.2 Å². The van der Waals surface area contributed by atoms with Crippen molar-refractivity contribution in [2.45, 2.75) is 69.9 Å². The second kappa shape index (κ2) is 6.03. The maximum Gasteiger partial charge on any atom is 0.228 e. The summed E-state index contributed by atoms with van der Waals surface area (Å²) >= 11 is 0. The first-order valence-corrected chi connectivity index (χ1v) is 9.27. The van der Waals surface area contributed by atoms with Crippen LogP contribution in [-0.4, -0.2) is 34.2 Å². The number of amides is 1. The number of pyridine rings is 1. The third kappa shape index (κ3) is 2.79. The highest BCUT2D eigenvalue weighted by Crippen LogP contribution is 2.52. The van der Waals surface area contributed by atoms with Crippen LogP contribution in [0.4, 0.5) is 5.82 Å². The molecular formula is C19H26N2O3. The van der Waals surface area contributed by atoms with E-state index < -0.39 is 5.60 Å². The first-order chi connectivity index (χ1) is 11.6. The fraction of sp³-hybridized carbons (Fsp3) is 0.684. The number of carbonyl (C=O) groups excluding carboxylic acids is 1. The predicted molar refractivity (Wildman–Crippen MR) is 91.1 cm³/mol. The number of unbranched alkanes of at least 4 members (excludes halogenated alkanes) is 1. The number of aliphatic hydroxyl groups is 1. The van der Waals surface area contributed by atoms with E-state index in [0.717, 1.165) is 49.2 Å². The molecule has 0 bridgehead atoms. The van der Waals surface area contributed by atoms with E-state index in [0.29, 0.717) is 31.8 Å². The van der Waals surface area contributed by atoms with Crippen molar-refractivity contribution in [3.63, 3.8) is 0 Å². The third-order valence-corrected chi connectivity index (χ3v) is 5.67. The van der Waals surface area contributed by atoms with Crippen LogP contribution in [0.15, 0.2) is 12.3 Å². The molecule has 1 aliphatic heterocycles. The number of hydrogen-bond donors (Lipinski definition) is 1. The van der Waals surface area contributed by atoms with Crippen LogP contribution >= 0.6 is 0 Å². The molecule has 0 radical (unpaired) electrons. The Hall–Kier alpha value is -1.62. The summed E-state index contributed by atoms with van der Waals surface area (Å²) in [6.07, 6.45) is 8.75. The fourth-order valence-electron chi connectivity index (χ4n) is 4.04. The van der Waals surface area contributed by atoms with Crippen LogP contribution in [0.25, 0.3) is 0 Å². The fourth-order valence-corrected chi connectivity index (χ4v) is 4.04. The molecule has 4 rings (SSSR count). The average molecular weight is 330 g/mol. The van der Waals surface area contributed by atoms with E-state index in [4.69, 9.17) is 4.74 Å². The van der Waals surface area contributed by atoms with Crippen LogP contribution in [0.5, 0.6) is 5.75 Å². The van der Waals surface area contributed by atoms with Crippen molar-refractivity contribution in [3.8, 4) is 5.75 Å². The molecular weight excluding hydrogens is 304 g/mol. The summed E-state index contributed by atoms with van der Waals surface area (Å²) < 4.78 is 5.74. The second-order valence-electron chi connectivity index (χ2n) is 7.56. The number of anilines is 1. The maximum absolute atomic E-state index is 12.5. The molecule has 0 aromatic carbocycles. The molecule has 0 unspecified atom stereocenters. The lowest BCUT2D eigenvalue weighted by atomic mass is 9.71. The van der Waals surface area contributed by atoms with E-state index in [1.165, 1.54) is 0 Å². The number of aromatic nitrogens is 1. The quantitative estimate of drug-likeness (QED) is 0.815. The Kier molecular flexibility index (Phi) is 3.99. The summed E-state index contributed by atoms with van der Waals surface area (Å²) in [7, 11) is 0. The van der Waals surface area contributed by atoms with E-state index in [9.17, 15) is 9.90 Å². The van der Waals surface area contributed by atoms with E-state index in [2.05, 4.69) is 11.9 Å². The third-order valence-electron chi connectivity index (χ3n) is 5.67. The molecule has 2 saturated carbocycles. The van der Waals surface area contributed by atoms with Crippen LogP contribution in [0, 0.1) is 5.92 Å². The predicted octanol–water partition coefficient (Wildman–Crippen LogP) is 2.84. The van der Waals surface area contributed by atoms with E-state index in [1.807, 2.05) is 11.0 Å². The van der Waals surface area contributed by atoms with Gasteiger partial charge in [0.25, 0.3) is 0 Å². The summed E-state index contributed by atoms with van der Waals surface area (Å²) in [5.41, 5.74) is 0.552. The Bertz CT molecular complexity index is 635. The van der Waals surface area contributed by atoms with Crippen LogP contribution in [0.3, 0.4) is 0 Å². The molecule has 0 atom stereocenters. The normalized spacial score (nSPS) is 29.2. The number of fused-ring (bicyclic) bond motifs is 1. The summed E-state index contributed by atoms with van der Waals surface area (Å²) in [6.45, 7) is 2.84. The van der Waals surface area contributed by atoms with Gasteiger partial charge in [-0.3, -0.25) is 9.69 Å². The van der Waals surface area contributed by atoms with Gasteiger partial charge in [0.05, 0.1) is 18.4 Å². The lowest BCUT2D eigenvalue weighted by Crippen LogP contribution is -2.59. The largest absolute Gasteiger partial charge is 0.492 e. The van der Waals surface area contributed by atoms with Crippen LogP contribution in [0.1, 0.15) is 57.4 Å². The van der Waals surface area contributed by atoms with E-state index in [-0.39, 0.29) is 11.9 Å². The minimum absolute atomic E-state index is 0.0986. The lowest BCUT2D eigenvalue weighted by Gasteiger charge is -2.49. The maximum atomic E-state index is 12.5. The summed E-state index contributed by atoms with van der Waals surface area (Å²) in [5, 5.41) is 10.6. The highest BCUT2D eigenvalue weighted by Gasteiger charge is 2.55. The van der Waals surface area contributed by atoms with Gasteiger partial charge in [-0.2, -0.15) is 0 Å². The van der Waals surface area contributed by atoms with Crippen molar-refractivity contribution in [1.82, 2.24) is 4.98 Å². The molecule has 3 aliphatic rings. The molecule has 2 heterocycles. The minimum atomic E-state index is -0.536. The zero-order valence-electron chi connectivity index (χ0n) is 14.3. The van der Waals surface area contributed by atoms with Gasteiger partial charge in [-0.25, -0.2) is 4.98 Å². The molecule has 2 fully saturated rings. The summed E-state index contributed by atoms with van der Waals surface area (Å²) in [4.78, 5) is 18.8. The number of rotatable bonds is 6. The molecule has 5 nitrogen and oxygen atoms in total. The molecule has 2 aliphatic carbocycles. The van der Waals surface area contributed by atoms with Gasteiger partial charge in [0.15, 0.2) is 0 Å². The molecule has 1 aromatic heterocycles. The number of nitrogens with zero attached hydrogens (tertiary/aromatic N) is 2. The average Bonchev–Trinajstić information content (AvgIpc) is 3.38. The smallest absolute Gasteiger partial charge is 0.228 e. The van der Waals surface area contributed by atoms with Gasteiger partial charge in [0, 0.05) is 12.5 Å². The SMILES string of the molecule is CCCCOc1cnc2c(c1)CCC(=O)N2[C@H]1C[C@](O)(C2CC2)C1. The van der Waals surface area contributed by atoms with Gasteiger partial charge in [-0.15, -0.1) is 0 Å². The van der Waals surface area contributed by atoms with Crippen molar-refractivity contribution in [2.24, 2.45) is 5.92 Å². The van der Waals surface area contributed by atoms with Crippen molar-refractivity contribution < 1.29 is 14.6 Å². The molecule has 1 amide bonds. The zero-order chi connectivity index (χ0) is 16.7. The second-order valence-corrected chi connectivity index (χ2v) is 7.56. The topological polar surface area (TPSA) is 62.7 Å². The highest BCUT2D eigenvalue weighted by molar-refractivity contribution is 5.96. The highest BCUT2D eigenvalue weighted by atomic mass is 16.5. The van der Waals surface area contributed by atoms with Crippen LogP contribution in [0.2, 0.25) is 0 Å². The Morgan fingerprint density at radius 2 is 2.17 bits per heavy atom. The number of hydrogen-bond acceptors (Lipinski definition) is 4. The number of aryl methyl sites for hydroxylation is 1. The zero-order valence-corrected chi connectivity index (χ0v) is 14.3. The standard InChI is InChI=1S/C19H26N2O3/c1-2-3-8-24-16-9-13-4-7-17(22)21(18(13)20-12-16)15-10-19(23,11-15)14-5-6-14/h9,12,14-15,23H,2-8,10-11H2,1H3/t15-,19+. The molecule has 24 heavy (non-hydrogen) atoms. The van der Waals surface area contributed by atoms with E-state index >= 15 is 0 Å². The van der Waals surface area contributed by atoms with Gasteiger partial charge in [0.1, 0.15) is 11.6 Å². The number of ether oxygens (including phenoxy) is 1. The van der Waals surface area contributed by atoms with Gasteiger partial charge in [-0.05, 0) is 56.1 Å². The first-order valence-electron chi connectivity index (χ1n) is 9.27. The van der Waals surface area contributed by atoms with Gasteiger partial charge in [-0.1, -0.05) is 13.3 Å². The monoisotopic (exact) mass is 330 g/mol. The molecule has 1 aromatic rings. The van der Waals surface area contributed by atoms with Gasteiger partial charge in [0.2, 0.25) is 5.91 Å². The minimum Gasteiger partial charge on any atom is -0.492 e. The summed E-state index contributed by atoms with van der Waals surface area (Å²) in [5.74, 6) is 2.16. The Balaban J connectivity index is 1.49. The molecule has 1 N–H and O–H groups in total. The molecule has 0 spiro atoms. The van der Waals surface area contributed by atoms with Crippen molar-refractivity contribution >= 4 is 11.7 Å². The van der Waals surface area contributed by atoms with E-state index in [1.54, 1.807) is 6.20 Å². The first kappa shape index (κ1) is 15.9. The molecule has 5 heteroatoms. The summed E-state index contributed by atoms with van der Waals surface area (Å²) in [6, 6.07) is 2.13. The van der Waals surface area contributed by atoms with Crippen LogP contribution < -0.4 is 9.64 Å². The Labute approximate surface area is 143 Å². The molecule has 0 saturated heterocycles. The van der Waals surface area contributed by atoms with Gasteiger partial charge < -0.3 is 9.84 Å². The van der Waals surface area contributed by atoms with Crippen molar-refractivity contribution in [2.75, 3.05) is 11.5 Å². The lowest BCUT2D eigenvalue weighted by molar-refractivity contribution is -0.122. The van der Waals surface area contributed by atoms with Gasteiger partial charge >= 0.3 is 0 Å². The Morgan fingerprint density at radius 1 is 1.38 bits per heavy atom. The molecule has 130 valence electrons. The number of carbonyl (C=O) groups is 1. The van der Waals surface area contributed by atoms with Crippen molar-refractivity contribution in [1.29, 1.82) is 0 Å². The van der Waals surface area contributed by atoms with Crippen molar-refractivity contribution in [3.05, 3.63) is 17.8 Å².